The minimum absolute atomic E-state index is 0.813. The molecule has 0 saturated heterocycles. The average molecular weight is 317 g/mol. The van der Waals surface area contributed by atoms with Crippen LogP contribution in [0.15, 0.2) is 59.7 Å². The Bertz CT molecular complexity index is 534. The maximum absolute atomic E-state index is 4.32. The number of halogens is 1. The number of rotatable bonds is 5. The van der Waals surface area contributed by atoms with E-state index < -0.39 is 0 Å². The van der Waals surface area contributed by atoms with Crippen LogP contribution >= 0.6 is 15.9 Å². The summed E-state index contributed by atoms with van der Waals surface area (Å²) < 4.78 is 1.11. The molecule has 0 radical (unpaired) electrons. The quantitative estimate of drug-likeness (QED) is 0.829. The predicted molar refractivity (Wildman–Crippen MR) is 83.7 cm³/mol. The zero-order valence-electron chi connectivity index (χ0n) is 11.0. The van der Waals surface area contributed by atoms with Gasteiger partial charge in [-0.2, -0.15) is 0 Å². The first kappa shape index (κ1) is 14.0. The monoisotopic (exact) mass is 316 g/mol. The van der Waals surface area contributed by atoms with Crippen LogP contribution in [-0.4, -0.2) is 23.5 Å². The van der Waals surface area contributed by atoms with Gasteiger partial charge in [-0.3, -0.25) is 9.88 Å². The second-order valence-electron chi connectivity index (χ2n) is 4.62. The summed E-state index contributed by atoms with van der Waals surface area (Å²) in [6.45, 7) is 5.82. The molecule has 0 fully saturated rings. The van der Waals surface area contributed by atoms with Gasteiger partial charge in [0.1, 0.15) is 0 Å². The van der Waals surface area contributed by atoms with Crippen LogP contribution in [0.1, 0.15) is 11.3 Å². The maximum Gasteiger partial charge on any atom is 0.0668 e. The van der Waals surface area contributed by atoms with Crippen molar-refractivity contribution in [1.82, 2.24) is 9.88 Å². The first-order chi connectivity index (χ1) is 9.15. The maximum atomic E-state index is 4.32. The van der Waals surface area contributed by atoms with Gasteiger partial charge >= 0.3 is 0 Å². The molecule has 0 aliphatic carbocycles. The Balaban J connectivity index is 1.92. The zero-order chi connectivity index (χ0) is 13.7. The number of hydrogen-bond donors (Lipinski definition) is 0. The van der Waals surface area contributed by atoms with Crippen LogP contribution in [0.3, 0.4) is 0 Å². The van der Waals surface area contributed by atoms with Crippen molar-refractivity contribution in [3.63, 3.8) is 0 Å². The second-order valence-corrected chi connectivity index (χ2v) is 5.53. The van der Waals surface area contributed by atoms with Crippen LogP contribution < -0.4 is 0 Å². The van der Waals surface area contributed by atoms with E-state index in [4.69, 9.17) is 0 Å². The molecule has 1 aromatic heterocycles. The molecule has 0 atom stereocenters. The number of benzene rings is 1. The number of pyridine rings is 1. The van der Waals surface area contributed by atoms with Gasteiger partial charge in [-0.15, -0.1) is 0 Å². The van der Waals surface area contributed by atoms with Crippen molar-refractivity contribution in [3.05, 3.63) is 71.0 Å². The summed E-state index contributed by atoms with van der Waals surface area (Å²) in [4.78, 5) is 6.55. The lowest BCUT2D eigenvalue weighted by Gasteiger charge is -2.18. The Labute approximate surface area is 122 Å². The van der Waals surface area contributed by atoms with Crippen molar-refractivity contribution in [2.24, 2.45) is 0 Å². The van der Waals surface area contributed by atoms with Crippen LogP contribution in [0.4, 0.5) is 0 Å². The first-order valence-corrected chi connectivity index (χ1v) is 6.96. The molecular weight excluding hydrogens is 300 g/mol. The van der Waals surface area contributed by atoms with E-state index in [1.807, 2.05) is 18.2 Å². The lowest BCUT2D eigenvalue weighted by Crippen LogP contribution is -2.20. The van der Waals surface area contributed by atoms with Crippen LogP contribution in [0.2, 0.25) is 0 Å². The predicted octanol–water partition coefficient (Wildman–Crippen LogP) is 3.99. The van der Waals surface area contributed by atoms with E-state index in [1.54, 1.807) is 6.20 Å². The van der Waals surface area contributed by atoms with E-state index in [0.717, 1.165) is 28.8 Å². The van der Waals surface area contributed by atoms with Gasteiger partial charge in [-0.25, -0.2) is 0 Å². The van der Waals surface area contributed by atoms with Gasteiger partial charge in [0.15, 0.2) is 0 Å². The van der Waals surface area contributed by atoms with Crippen molar-refractivity contribution in [3.8, 4) is 0 Å². The van der Waals surface area contributed by atoms with E-state index in [2.05, 4.69) is 63.7 Å². The number of aromatic nitrogens is 1. The van der Waals surface area contributed by atoms with Gasteiger partial charge in [0, 0.05) is 23.8 Å². The number of hydrogen-bond acceptors (Lipinski definition) is 2. The normalized spacial score (nSPS) is 10.7. The van der Waals surface area contributed by atoms with Crippen molar-refractivity contribution in [2.45, 2.75) is 6.54 Å². The summed E-state index contributed by atoms with van der Waals surface area (Å²) in [6, 6.07) is 14.3. The summed E-state index contributed by atoms with van der Waals surface area (Å²) in [5.41, 5.74) is 3.30. The van der Waals surface area contributed by atoms with Gasteiger partial charge in [0.25, 0.3) is 0 Å². The van der Waals surface area contributed by atoms with E-state index in [0.29, 0.717) is 0 Å². The molecule has 2 rings (SSSR count). The number of likely N-dealkylation sites (N-methyl/N-ethyl adjacent to an activating group) is 1. The van der Waals surface area contributed by atoms with Crippen LogP contribution in [-0.2, 0) is 6.54 Å². The fraction of sp³-hybridized carbons (Fsp3) is 0.188. The molecule has 98 valence electrons. The highest BCUT2D eigenvalue weighted by Gasteiger charge is 2.05. The molecule has 0 unspecified atom stereocenters. The lowest BCUT2D eigenvalue weighted by atomic mass is 10.1. The van der Waals surface area contributed by atoms with Gasteiger partial charge < -0.3 is 0 Å². The topological polar surface area (TPSA) is 16.1 Å². The molecule has 0 aliphatic rings. The van der Waals surface area contributed by atoms with E-state index in [-0.39, 0.29) is 0 Å². The van der Waals surface area contributed by atoms with E-state index in [9.17, 15) is 0 Å². The largest absolute Gasteiger partial charge is 0.298 e. The molecule has 2 aromatic rings. The highest BCUT2D eigenvalue weighted by molar-refractivity contribution is 9.10. The minimum atomic E-state index is 0.813. The van der Waals surface area contributed by atoms with Crippen molar-refractivity contribution < 1.29 is 0 Å². The highest BCUT2D eigenvalue weighted by Crippen LogP contribution is 2.14. The Morgan fingerprint density at radius 1 is 1.21 bits per heavy atom. The summed E-state index contributed by atoms with van der Waals surface area (Å²) in [5, 5.41) is 0. The zero-order valence-corrected chi connectivity index (χ0v) is 12.6. The molecule has 0 N–H and O–H groups in total. The first-order valence-electron chi connectivity index (χ1n) is 6.17. The molecule has 19 heavy (non-hydrogen) atoms. The van der Waals surface area contributed by atoms with Gasteiger partial charge in [0.05, 0.1) is 5.69 Å². The van der Waals surface area contributed by atoms with Crippen LogP contribution in [0, 0.1) is 0 Å². The molecule has 0 spiro atoms. The van der Waals surface area contributed by atoms with E-state index in [1.165, 1.54) is 5.56 Å². The van der Waals surface area contributed by atoms with Crippen LogP contribution in [0.5, 0.6) is 0 Å². The summed E-state index contributed by atoms with van der Waals surface area (Å²) in [6.07, 6.45) is 1.80. The highest BCUT2D eigenvalue weighted by atomic mass is 79.9. The molecule has 2 nitrogen and oxygen atoms in total. The third kappa shape index (κ3) is 4.30. The van der Waals surface area contributed by atoms with Crippen molar-refractivity contribution in [1.29, 1.82) is 0 Å². The molecule has 1 heterocycles. The molecule has 1 aromatic carbocycles. The van der Waals surface area contributed by atoms with Crippen molar-refractivity contribution in [2.75, 3.05) is 13.6 Å². The average Bonchev–Trinajstić information content (AvgIpc) is 2.42. The summed E-state index contributed by atoms with van der Waals surface area (Å²) in [5.74, 6) is 0. The number of nitrogens with zero attached hydrogens (tertiary/aromatic N) is 2. The fourth-order valence-corrected chi connectivity index (χ4v) is 2.20. The van der Waals surface area contributed by atoms with Gasteiger partial charge in [-0.05, 0) is 42.4 Å². The van der Waals surface area contributed by atoms with Crippen LogP contribution in [0.25, 0.3) is 5.57 Å². The molecule has 0 amide bonds. The third-order valence-corrected chi connectivity index (χ3v) is 3.38. The third-order valence-electron chi connectivity index (χ3n) is 2.85. The second kappa shape index (κ2) is 6.64. The standard InChI is InChI=1S/C16H17BrN2/c1-13(16-5-3-4-10-18-16)11-19(2)12-14-6-8-15(17)9-7-14/h3-10H,1,11-12H2,2H3. The smallest absolute Gasteiger partial charge is 0.0668 e. The Morgan fingerprint density at radius 2 is 1.95 bits per heavy atom. The Hall–Kier alpha value is -1.45. The Kier molecular flexibility index (Phi) is 4.88. The molecule has 0 saturated carbocycles. The molecule has 0 bridgehead atoms. The van der Waals surface area contributed by atoms with Crippen molar-refractivity contribution >= 4 is 21.5 Å². The molecule has 3 heteroatoms. The summed E-state index contributed by atoms with van der Waals surface area (Å²) >= 11 is 3.45. The Morgan fingerprint density at radius 3 is 2.58 bits per heavy atom. The van der Waals surface area contributed by atoms with Gasteiger partial charge in [0.2, 0.25) is 0 Å². The minimum Gasteiger partial charge on any atom is -0.298 e. The molecular formula is C16H17BrN2. The summed E-state index contributed by atoms with van der Waals surface area (Å²) in [7, 11) is 2.09. The molecule has 0 aliphatic heterocycles. The van der Waals surface area contributed by atoms with Gasteiger partial charge in [-0.1, -0.05) is 40.7 Å². The SMILES string of the molecule is C=C(CN(C)Cc1ccc(Br)cc1)c1ccccn1. The lowest BCUT2D eigenvalue weighted by molar-refractivity contribution is 0.368. The fourth-order valence-electron chi connectivity index (χ4n) is 1.94. The van der Waals surface area contributed by atoms with E-state index >= 15 is 0 Å².